The summed E-state index contributed by atoms with van der Waals surface area (Å²) in [5.41, 5.74) is 1.35. The van der Waals surface area contributed by atoms with Crippen LogP contribution >= 0.6 is 0 Å². The minimum Gasteiger partial charge on any atom is -0.381 e. The van der Waals surface area contributed by atoms with Crippen LogP contribution in [0.4, 0.5) is 0 Å². The van der Waals surface area contributed by atoms with Gasteiger partial charge in [-0.1, -0.05) is 41.5 Å². The standard InChI is InChI=1S/C10H18O.2C2H6/c1-9(2)7-10(8-9)3-5-11-6-4-10;2*1-2/h3-8H2,1-2H3;2*1-2H3. The lowest BCUT2D eigenvalue weighted by Crippen LogP contribution is -2.46. The van der Waals surface area contributed by atoms with Gasteiger partial charge >= 0.3 is 0 Å². The van der Waals surface area contributed by atoms with Gasteiger partial charge in [-0.2, -0.15) is 0 Å². The molecule has 1 spiro atoms. The molecule has 2 aliphatic rings. The fourth-order valence-electron chi connectivity index (χ4n) is 3.14. The third-order valence-corrected chi connectivity index (χ3v) is 3.26. The molecule has 0 aromatic heterocycles. The predicted octanol–water partition coefficient (Wildman–Crippen LogP) is 4.66. The molecule has 15 heavy (non-hydrogen) atoms. The summed E-state index contributed by atoms with van der Waals surface area (Å²) < 4.78 is 5.37. The third kappa shape index (κ3) is 4.14. The minimum atomic E-state index is 0.636. The zero-order valence-electron chi connectivity index (χ0n) is 11.7. The van der Waals surface area contributed by atoms with E-state index in [1.165, 1.54) is 25.7 Å². The van der Waals surface area contributed by atoms with Gasteiger partial charge in [0, 0.05) is 13.2 Å². The zero-order valence-corrected chi connectivity index (χ0v) is 11.7. The van der Waals surface area contributed by atoms with Crippen molar-refractivity contribution in [1.29, 1.82) is 0 Å². The van der Waals surface area contributed by atoms with Gasteiger partial charge < -0.3 is 4.74 Å². The van der Waals surface area contributed by atoms with Gasteiger partial charge in [0.1, 0.15) is 0 Å². The van der Waals surface area contributed by atoms with E-state index in [9.17, 15) is 0 Å². The molecule has 92 valence electrons. The summed E-state index contributed by atoms with van der Waals surface area (Å²) in [5, 5.41) is 0. The van der Waals surface area contributed by atoms with E-state index in [2.05, 4.69) is 13.8 Å². The average molecular weight is 214 g/mol. The number of hydrogen-bond acceptors (Lipinski definition) is 1. The lowest BCUT2D eigenvalue weighted by atomic mass is 9.52. The second kappa shape index (κ2) is 6.52. The zero-order chi connectivity index (χ0) is 11.9. The van der Waals surface area contributed by atoms with Crippen LogP contribution in [-0.4, -0.2) is 13.2 Å². The molecular weight excluding hydrogens is 184 g/mol. The molecule has 0 atom stereocenters. The molecule has 2 fully saturated rings. The first-order valence-electron chi connectivity index (χ1n) is 6.70. The Morgan fingerprint density at radius 3 is 1.53 bits per heavy atom. The fourth-order valence-corrected chi connectivity index (χ4v) is 3.14. The van der Waals surface area contributed by atoms with Crippen LogP contribution in [0.1, 0.15) is 67.2 Å². The van der Waals surface area contributed by atoms with Gasteiger partial charge in [-0.15, -0.1) is 0 Å². The third-order valence-electron chi connectivity index (χ3n) is 3.26. The summed E-state index contributed by atoms with van der Waals surface area (Å²) in [7, 11) is 0. The molecular formula is C14H30O. The Labute approximate surface area is 96.6 Å². The van der Waals surface area contributed by atoms with Crippen molar-refractivity contribution in [1.82, 2.24) is 0 Å². The molecule has 0 N–H and O–H groups in total. The second-order valence-corrected chi connectivity index (χ2v) is 5.13. The fraction of sp³-hybridized carbons (Fsp3) is 1.00. The molecule has 1 saturated heterocycles. The molecule has 0 unspecified atom stereocenters. The minimum absolute atomic E-state index is 0.636. The maximum Gasteiger partial charge on any atom is 0.0471 e. The molecule has 0 aromatic carbocycles. The van der Waals surface area contributed by atoms with Crippen LogP contribution in [0, 0.1) is 10.8 Å². The van der Waals surface area contributed by atoms with Crippen molar-refractivity contribution < 1.29 is 4.74 Å². The molecule has 1 nitrogen and oxygen atoms in total. The summed E-state index contributed by atoms with van der Waals surface area (Å²) in [6, 6.07) is 0. The van der Waals surface area contributed by atoms with Crippen molar-refractivity contribution >= 4 is 0 Å². The predicted molar refractivity (Wildman–Crippen MR) is 68.2 cm³/mol. The Bertz CT molecular complexity index is 145. The highest BCUT2D eigenvalue weighted by Gasteiger charge is 2.49. The molecule has 1 heterocycles. The summed E-state index contributed by atoms with van der Waals surface area (Å²) >= 11 is 0. The van der Waals surface area contributed by atoms with Crippen LogP contribution < -0.4 is 0 Å². The van der Waals surface area contributed by atoms with Crippen molar-refractivity contribution in [2.45, 2.75) is 67.2 Å². The quantitative estimate of drug-likeness (QED) is 0.570. The Kier molecular flexibility index (Phi) is 6.51. The van der Waals surface area contributed by atoms with E-state index in [0.29, 0.717) is 10.8 Å². The Morgan fingerprint density at radius 2 is 1.20 bits per heavy atom. The van der Waals surface area contributed by atoms with E-state index in [4.69, 9.17) is 4.74 Å². The average Bonchev–Trinajstić information content (AvgIpc) is 2.22. The first-order valence-corrected chi connectivity index (χ1v) is 6.70. The van der Waals surface area contributed by atoms with E-state index in [1.807, 2.05) is 27.7 Å². The lowest BCUT2D eigenvalue weighted by molar-refractivity contribution is -0.0927. The van der Waals surface area contributed by atoms with E-state index in [0.717, 1.165) is 13.2 Å². The van der Waals surface area contributed by atoms with Crippen LogP contribution in [-0.2, 0) is 4.74 Å². The van der Waals surface area contributed by atoms with Crippen LogP contribution in [0.2, 0.25) is 0 Å². The van der Waals surface area contributed by atoms with Crippen molar-refractivity contribution in [3.8, 4) is 0 Å². The first-order chi connectivity index (χ1) is 7.12. The maximum absolute atomic E-state index is 5.37. The van der Waals surface area contributed by atoms with Gasteiger partial charge in [0.15, 0.2) is 0 Å². The Balaban J connectivity index is 0.000000442. The molecule has 0 amide bonds. The normalized spacial score (nSPS) is 25.2. The summed E-state index contributed by atoms with van der Waals surface area (Å²) in [6.07, 6.45) is 5.50. The van der Waals surface area contributed by atoms with Crippen LogP contribution in [0.15, 0.2) is 0 Å². The van der Waals surface area contributed by atoms with Crippen LogP contribution in [0.3, 0.4) is 0 Å². The molecule has 1 aliphatic heterocycles. The molecule has 0 aromatic rings. The topological polar surface area (TPSA) is 9.23 Å². The molecule has 2 rings (SSSR count). The number of rotatable bonds is 0. The highest BCUT2D eigenvalue weighted by molar-refractivity contribution is 4.99. The monoisotopic (exact) mass is 214 g/mol. The highest BCUT2D eigenvalue weighted by Crippen LogP contribution is 2.58. The van der Waals surface area contributed by atoms with Gasteiger partial charge in [-0.3, -0.25) is 0 Å². The SMILES string of the molecule is CC.CC.CC1(C)CC2(CCOCC2)C1. The van der Waals surface area contributed by atoms with E-state index in [1.54, 1.807) is 0 Å². The van der Waals surface area contributed by atoms with Crippen molar-refractivity contribution in [2.75, 3.05) is 13.2 Å². The van der Waals surface area contributed by atoms with Crippen molar-refractivity contribution in [3.63, 3.8) is 0 Å². The van der Waals surface area contributed by atoms with Gasteiger partial charge in [0.25, 0.3) is 0 Å². The number of hydrogen-bond donors (Lipinski definition) is 0. The lowest BCUT2D eigenvalue weighted by Gasteiger charge is -2.55. The van der Waals surface area contributed by atoms with E-state index >= 15 is 0 Å². The van der Waals surface area contributed by atoms with Crippen molar-refractivity contribution in [2.24, 2.45) is 10.8 Å². The first kappa shape index (κ1) is 15.0. The summed E-state index contributed by atoms with van der Waals surface area (Å²) in [6.45, 7) is 14.8. The van der Waals surface area contributed by atoms with Gasteiger partial charge in [0.05, 0.1) is 0 Å². The largest absolute Gasteiger partial charge is 0.381 e. The van der Waals surface area contributed by atoms with Gasteiger partial charge in [-0.05, 0) is 36.5 Å². The maximum atomic E-state index is 5.37. The van der Waals surface area contributed by atoms with Gasteiger partial charge in [-0.25, -0.2) is 0 Å². The summed E-state index contributed by atoms with van der Waals surface area (Å²) in [4.78, 5) is 0. The van der Waals surface area contributed by atoms with Crippen LogP contribution in [0.5, 0.6) is 0 Å². The highest BCUT2D eigenvalue weighted by atomic mass is 16.5. The van der Waals surface area contributed by atoms with Gasteiger partial charge in [0.2, 0.25) is 0 Å². The number of ether oxygens (including phenoxy) is 1. The molecule has 1 saturated carbocycles. The smallest absolute Gasteiger partial charge is 0.0471 e. The van der Waals surface area contributed by atoms with Crippen LogP contribution in [0.25, 0.3) is 0 Å². The Morgan fingerprint density at radius 1 is 0.800 bits per heavy atom. The van der Waals surface area contributed by atoms with E-state index < -0.39 is 0 Å². The second-order valence-electron chi connectivity index (χ2n) is 5.13. The summed E-state index contributed by atoms with van der Waals surface area (Å²) in [5.74, 6) is 0. The van der Waals surface area contributed by atoms with Crippen molar-refractivity contribution in [3.05, 3.63) is 0 Å². The molecule has 0 radical (unpaired) electrons. The molecule has 0 bridgehead atoms. The molecule has 1 heteroatoms. The van der Waals surface area contributed by atoms with E-state index in [-0.39, 0.29) is 0 Å². The molecule has 1 aliphatic carbocycles. The Hall–Kier alpha value is -0.0400.